The smallest absolute Gasteiger partial charge is 0.462 e. The second-order valence-corrected chi connectivity index (χ2v) is 16.6. The molecule has 0 aromatic heterocycles. The van der Waals surface area contributed by atoms with Gasteiger partial charge in [-0.25, -0.2) is 4.57 Å². The fourth-order valence-electron chi connectivity index (χ4n) is 5.87. The minimum absolute atomic E-state index is 0.000606. The van der Waals surface area contributed by atoms with Crippen LogP contribution in [-0.4, -0.2) is 82.9 Å². The van der Waals surface area contributed by atoms with Crippen molar-refractivity contribution in [2.24, 2.45) is 5.73 Å². The lowest BCUT2D eigenvalue weighted by Gasteiger charge is -2.20. The summed E-state index contributed by atoms with van der Waals surface area (Å²) in [5.41, 5.74) is 5.33. The normalized spacial score (nSPS) is 15.5. The topological polar surface area (TPSA) is 195 Å². The highest BCUT2D eigenvalue weighted by molar-refractivity contribution is 7.47. The van der Waals surface area contributed by atoms with E-state index in [2.05, 4.69) is 38.2 Å². The standard InChI is InChI=1S/C47H82NO11P/c1-3-5-7-8-9-10-11-12-13-14-15-16-17-18-19-20-21-26-30-36-47(53)59-43(41-58-60(54,55)57-39-38-48)40-56-46(52)37-31-35-45(51)44(50)34-29-25-23-22-24-28-33-42(49)32-27-6-4-2/h9-10,12-13,22-25,28-29,33-34,42-45,49-51H,3-8,11,14-21,26-27,30-32,35-41,48H2,1-2H3,(H,54,55)/b10-9-,13-12-,24-22-,25-23+,33-28+,34-29+/t42-,43-,44-,45-/m1/s1. The molecule has 0 aromatic rings. The Morgan fingerprint density at radius 1 is 0.617 bits per heavy atom. The van der Waals surface area contributed by atoms with E-state index in [4.69, 9.17) is 24.3 Å². The fraction of sp³-hybridized carbons (Fsp3) is 0.702. The van der Waals surface area contributed by atoms with Crippen molar-refractivity contribution in [1.82, 2.24) is 0 Å². The first-order chi connectivity index (χ1) is 29.0. The number of hydrogen-bond acceptors (Lipinski definition) is 11. The molecule has 0 rings (SSSR count). The summed E-state index contributed by atoms with van der Waals surface area (Å²) in [5, 5.41) is 30.4. The molecule has 0 radical (unpaired) electrons. The monoisotopic (exact) mass is 868 g/mol. The number of unbranched alkanes of at least 4 members (excludes halogenated alkanes) is 14. The molecule has 1 unspecified atom stereocenters. The predicted octanol–water partition coefficient (Wildman–Crippen LogP) is 9.97. The molecular weight excluding hydrogens is 785 g/mol. The quantitative estimate of drug-likeness (QED) is 0.0129. The van der Waals surface area contributed by atoms with Gasteiger partial charge in [-0.3, -0.25) is 18.6 Å². The van der Waals surface area contributed by atoms with Crippen LogP contribution >= 0.6 is 7.82 Å². The Hall–Kier alpha value is -2.67. The summed E-state index contributed by atoms with van der Waals surface area (Å²) in [4.78, 5) is 35.0. The number of phosphoric ester groups is 1. The van der Waals surface area contributed by atoms with E-state index in [9.17, 15) is 34.4 Å². The van der Waals surface area contributed by atoms with Crippen molar-refractivity contribution in [1.29, 1.82) is 0 Å². The summed E-state index contributed by atoms with van der Waals surface area (Å²) >= 11 is 0. The van der Waals surface area contributed by atoms with Crippen molar-refractivity contribution in [2.45, 2.75) is 186 Å². The Bertz CT molecular complexity index is 1270. The average Bonchev–Trinajstić information content (AvgIpc) is 3.22. The molecule has 346 valence electrons. The first-order valence-corrected chi connectivity index (χ1v) is 24.2. The maximum Gasteiger partial charge on any atom is 0.472 e. The average molecular weight is 868 g/mol. The van der Waals surface area contributed by atoms with E-state index in [1.165, 1.54) is 63.9 Å². The van der Waals surface area contributed by atoms with Crippen LogP contribution in [0.5, 0.6) is 0 Å². The van der Waals surface area contributed by atoms with Crippen molar-refractivity contribution < 1.29 is 52.9 Å². The number of ether oxygens (including phenoxy) is 2. The minimum atomic E-state index is -4.47. The van der Waals surface area contributed by atoms with Crippen LogP contribution in [0, 0.1) is 0 Å². The third-order valence-corrected chi connectivity index (χ3v) is 10.4. The van der Waals surface area contributed by atoms with Gasteiger partial charge in [0.1, 0.15) is 6.61 Å². The van der Waals surface area contributed by atoms with Crippen LogP contribution in [0.4, 0.5) is 0 Å². The molecule has 13 heteroatoms. The number of rotatable bonds is 41. The molecule has 0 amide bonds. The molecule has 0 spiro atoms. The number of phosphoric acid groups is 1. The summed E-state index contributed by atoms with van der Waals surface area (Å²) in [5.74, 6) is -1.17. The summed E-state index contributed by atoms with van der Waals surface area (Å²) < 4.78 is 32.6. The molecule has 0 saturated heterocycles. The third-order valence-electron chi connectivity index (χ3n) is 9.43. The highest BCUT2D eigenvalue weighted by Crippen LogP contribution is 2.43. The lowest BCUT2D eigenvalue weighted by molar-refractivity contribution is -0.161. The number of hydrogen-bond donors (Lipinski definition) is 5. The van der Waals surface area contributed by atoms with Crippen molar-refractivity contribution in [3.63, 3.8) is 0 Å². The van der Waals surface area contributed by atoms with Gasteiger partial charge in [-0.15, -0.1) is 0 Å². The molecule has 0 aliphatic carbocycles. The fourth-order valence-corrected chi connectivity index (χ4v) is 6.64. The molecule has 0 aliphatic heterocycles. The molecule has 0 aromatic carbocycles. The Morgan fingerprint density at radius 3 is 1.80 bits per heavy atom. The Labute approximate surface area is 362 Å². The number of esters is 2. The van der Waals surface area contributed by atoms with Gasteiger partial charge in [-0.05, 0) is 57.8 Å². The zero-order valence-electron chi connectivity index (χ0n) is 37.0. The predicted molar refractivity (Wildman–Crippen MR) is 242 cm³/mol. The van der Waals surface area contributed by atoms with Gasteiger partial charge in [-0.2, -0.15) is 0 Å². The number of carbonyl (C=O) groups is 2. The maximum absolute atomic E-state index is 12.6. The molecule has 0 fully saturated rings. The Morgan fingerprint density at radius 2 is 1.17 bits per heavy atom. The van der Waals surface area contributed by atoms with Gasteiger partial charge in [0.15, 0.2) is 6.10 Å². The van der Waals surface area contributed by atoms with Gasteiger partial charge < -0.3 is 35.4 Å². The van der Waals surface area contributed by atoms with Gasteiger partial charge >= 0.3 is 19.8 Å². The van der Waals surface area contributed by atoms with Crippen molar-refractivity contribution >= 4 is 19.8 Å². The Balaban J connectivity index is 4.45. The van der Waals surface area contributed by atoms with Gasteiger partial charge in [0.2, 0.25) is 0 Å². The first-order valence-electron chi connectivity index (χ1n) is 22.7. The van der Waals surface area contributed by atoms with E-state index in [0.29, 0.717) is 6.42 Å². The third kappa shape index (κ3) is 39.5. The number of carbonyl (C=O) groups excluding carboxylic acids is 2. The number of aliphatic hydroxyl groups excluding tert-OH is 3. The lowest BCUT2D eigenvalue weighted by Crippen LogP contribution is -2.30. The second-order valence-electron chi connectivity index (χ2n) is 15.1. The van der Waals surface area contributed by atoms with E-state index >= 15 is 0 Å². The van der Waals surface area contributed by atoms with Crippen LogP contribution < -0.4 is 5.73 Å². The van der Waals surface area contributed by atoms with E-state index in [1.54, 1.807) is 42.5 Å². The zero-order chi connectivity index (χ0) is 44.4. The number of allylic oxidation sites excluding steroid dienone is 10. The zero-order valence-corrected chi connectivity index (χ0v) is 37.9. The molecule has 12 nitrogen and oxygen atoms in total. The van der Waals surface area contributed by atoms with Gasteiger partial charge in [-0.1, -0.05) is 164 Å². The van der Waals surface area contributed by atoms with Crippen molar-refractivity contribution in [3.8, 4) is 0 Å². The molecule has 0 saturated carbocycles. The van der Waals surface area contributed by atoms with E-state index in [-0.39, 0.29) is 38.8 Å². The first kappa shape index (κ1) is 57.3. The van der Waals surface area contributed by atoms with Crippen molar-refractivity contribution in [2.75, 3.05) is 26.4 Å². The van der Waals surface area contributed by atoms with Crippen LogP contribution in [0.3, 0.4) is 0 Å². The van der Waals surface area contributed by atoms with Crippen LogP contribution in [0.25, 0.3) is 0 Å². The molecule has 0 aliphatic rings. The molecular formula is C47H82NO11P. The molecule has 60 heavy (non-hydrogen) atoms. The van der Waals surface area contributed by atoms with Crippen LogP contribution in [0.2, 0.25) is 0 Å². The summed E-state index contributed by atoms with van der Waals surface area (Å²) in [6.45, 7) is 3.19. The van der Waals surface area contributed by atoms with Gasteiger partial charge in [0.25, 0.3) is 0 Å². The largest absolute Gasteiger partial charge is 0.472 e. The minimum Gasteiger partial charge on any atom is -0.462 e. The molecule has 0 bridgehead atoms. The Kier molecular flexibility index (Phi) is 39.8. The summed E-state index contributed by atoms with van der Waals surface area (Å²) in [7, 11) is -4.47. The summed E-state index contributed by atoms with van der Waals surface area (Å²) in [6.07, 6.45) is 40.1. The van der Waals surface area contributed by atoms with Crippen LogP contribution in [0.1, 0.15) is 162 Å². The van der Waals surface area contributed by atoms with Crippen LogP contribution in [0.15, 0.2) is 72.9 Å². The van der Waals surface area contributed by atoms with Crippen LogP contribution in [-0.2, 0) is 32.7 Å². The molecule has 5 atom stereocenters. The highest BCUT2D eigenvalue weighted by atomic mass is 31.2. The molecule has 6 N–H and O–H groups in total. The van der Waals surface area contributed by atoms with E-state index < -0.39 is 57.4 Å². The second kappa shape index (κ2) is 41.7. The SMILES string of the molecule is CCCCC/C=C\C/C=C\CCCCCCCCCCCC(=O)O[C@H](COC(=O)CCC[C@@H](O)[C@H](O)/C=C/C=C/C=C\C=C\[C@H](O)CCCCC)COP(=O)(O)OCCN. The molecule has 0 heterocycles. The maximum atomic E-state index is 12.6. The highest BCUT2D eigenvalue weighted by Gasteiger charge is 2.26. The number of aliphatic hydroxyl groups is 3. The van der Waals surface area contributed by atoms with Crippen molar-refractivity contribution in [3.05, 3.63) is 72.9 Å². The van der Waals surface area contributed by atoms with E-state index in [1.807, 2.05) is 0 Å². The van der Waals surface area contributed by atoms with E-state index in [0.717, 1.165) is 57.8 Å². The lowest BCUT2D eigenvalue weighted by atomic mass is 10.1. The number of nitrogens with two attached hydrogens (primary N) is 1. The summed E-state index contributed by atoms with van der Waals surface area (Å²) in [6, 6.07) is 0. The van der Waals surface area contributed by atoms with Gasteiger partial charge in [0, 0.05) is 19.4 Å². The van der Waals surface area contributed by atoms with Gasteiger partial charge in [0.05, 0.1) is 31.5 Å².